The molecule has 0 unspecified atom stereocenters. The third-order valence-electron chi connectivity index (χ3n) is 6.79. The largest absolute Gasteiger partial charge is 0.490 e. The van der Waals surface area contributed by atoms with Gasteiger partial charge in [0.05, 0.1) is 18.8 Å². The molecule has 5 rings (SSSR count). The summed E-state index contributed by atoms with van der Waals surface area (Å²) in [6, 6.07) is 8.36. The second-order valence-corrected chi connectivity index (χ2v) is 8.91. The van der Waals surface area contributed by atoms with Gasteiger partial charge in [0.1, 0.15) is 17.8 Å². The van der Waals surface area contributed by atoms with E-state index < -0.39 is 0 Å². The van der Waals surface area contributed by atoms with Crippen LogP contribution in [-0.2, 0) is 4.79 Å². The van der Waals surface area contributed by atoms with Crippen LogP contribution < -0.4 is 20.3 Å². The molecule has 0 bridgehead atoms. The molecule has 3 aliphatic rings. The molecular weight excluding hydrogens is 416 g/mol. The molecule has 2 aliphatic heterocycles. The predicted octanol–water partition coefficient (Wildman–Crippen LogP) is 3.31. The molecule has 8 heteroatoms. The number of carbonyl (C=O) groups excluding carboxylic acids is 1. The number of fused-ring (bicyclic) bond motifs is 1. The zero-order valence-electron chi connectivity index (χ0n) is 19.0. The maximum absolute atomic E-state index is 12.2. The summed E-state index contributed by atoms with van der Waals surface area (Å²) in [6.45, 7) is 3.61. The van der Waals surface area contributed by atoms with Crippen LogP contribution >= 0.6 is 0 Å². The van der Waals surface area contributed by atoms with Crippen LogP contribution in [0.15, 0.2) is 30.6 Å². The van der Waals surface area contributed by atoms with Gasteiger partial charge in [0, 0.05) is 18.8 Å². The molecule has 8 nitrogen and oxygen atoms in total. The van der Waals surface area contributed by atoms with Crippen molar-refractivity contribution >= 4 is 28.9 Å². The first-order chi connectivity index (χ1) is 16.1. The molecule has 1 saturated heterocycles. The molecule has 1 saturated carbocycles. The zero-order valence-corrected chi connectivity index (χ0v) is 19.0. The molecule has 1 amide bonds. The van der Waals surface area contributed by atoms with Gasteiger partial charge in [0.15, 0.2) is 11.6 Å². The van der Waals surface area contributed by atoms with Crippen molar-refractivity contribution in [2.24, 2.45) is 0 Å². The number of benzene rings is 1. The molecule has 172 valence electrons. The Morgan fingerprint density at radius 2 is 1.91 bits per heavy atom. The second-order valence-electron chi connectivity index (χ2n) is 8.91. The fraction of sp³-hybridized carbons (Fsp3) is 0.480. The number of ether oxygens (including phenoxy) is 1. The quantitative estimate of drug-likeness (QED) is 0.721. The van der Waals surface area contributed by atoms with Crippen molar-refractivity contribution in [1.82, 2.24) is 14.9 Å². The number of likely N-dealkylation sites (tertiary alicyclic amines) is 1. The number of nitrogen functional groups attached to an aromatic ring is 1. The van der Waals surface area contributed by atoms with Crippen molar-refractivity contribution in [3.05, 3.63) is 30.6 Å². The van der Waals surface area contributed by atoms with Crippen LogP contribution in [0, 0.1) is 11.8 Å². The summed E-state index contributed by atoms with van der Waals surface area (Å²) in [4.78, 5) is 27.2. The molecule has 0 radical (unpaired) electrons. The first kappa shape index (κ1) is 21.4. The van der Waals surface area contributed by atoms with E-state index in [1.807, 2.05) is 17.0 Å². The van der Waals surface area contributed by atoms with Crippen molar-refractivity contribution in [3.63, 3.8) is 0 Å². The van der Waals surface area contributed by atoms with E-state index in [1.165, 1.54) is 25.6 Å². The third-order valence-corrected chi connectivity index (χ3v) is 6.79. The standard InChI is InChI=1S/C25H30N6O2/c1-2-6-22(32)29-14-13-19(15-29)31-17-30(23-24(26)27-16-28-25(23)31)18-9-11-21(12-10-18)33-20-7-4-3-5-8-20/h9-12,16,19-20H,3-5,7-8,13-15,17H2,1H3,(H2,26,27,28)/t19-/m1/s1. The molecule has 33 heavy (non-hydrogen) atoms. The Kier molecular flexibility index (Phi) is 5.95. The lowest BCUT2D eigenvalue weighted by Gasteiger charge is -2.27. The Hall–Kier alpha value is -3.47. The topological polar surface area (TPSA) is 87.8 Å². The Bertz CT molecular complexity index is 1070. The van der Waals surface area contributed by atoms with Crippen molar-refractivity contribution in [3.8, 4) is 17.6 Å². The van der Waals surface area contributed by atoms with E-state index in [1.54, 1.807) is 6.92 Å². The Balaban J connectivity index is 1.35. The minimum absolute atomic E-state index is 0.118. The van der Waals surface area contributed by atoms with Crippen LogP contribution in [0.1, 0.15) is 45.4 Å². The van der Waals surface area contributed by atoms with E-state index in [4.69, 9.17) is 10.5 Å². The van der Waals surface area contributed by atoms with Gasteiger partial charge in [-0.15, -0.1) is 0 Å². The first-order valence-electron chi connectivity index (χ1n) is 11.8. The van der Waals surface area contributed by atoms with Gasteiger partial charge in [-0.25, -0.2) is 9.97 Å². The van der Waals surface area contributed by atoms with E-state index >= 15 is 0 Å². The van der Waals surface area contributed by atoms with Crippen LogP contribution in [-0.4, -0.2) is 52.7 Å². The summed E-state index contributed by atoms with van der Waals surface area (Å²) in [5.41, 5.74) is 8.13. The number of nitrogens with zero attached hydrogens (tertiary/aromatic N) is 5. The van der Waals surface area contributed by atoms with Gasteiger partial charge in [-0.05, 0) is 69.2 Å². The average molecular weight is 447 g/mol. The maximum atomic E-state index is 12.2. The van der Waals surface area contributed by atoms with Crippen molar-refractivity contribution in [1.29, 1.82) is 0 Å². The monoisotopic (exact) mass is 446 g/mol. The lowest BCUT2D eigenvalue weighted by Crippen LogP contribution is -2.40. The number of carbonyl (C=O) groups is 1. The Morgan fingerprint density at radius 3 is 2.67 bits per heavy atom. The Morgan fingerprint density at radius 1 is 1.12 bits per heavy atom. The van der Waals surface area contributed by atoms with Crippen LogP contribution in [0.2, 0.25) is 0 Å². The molecule has 2 fully saturated rings. The van der Waals surface area contributed by atoms with Gasteiger partial charge in [-0.1, -0.05) is 12.3 Å². The summed E-state index contributed by atoms with van der Waals surface area (Å²) >= 11 is 0. The molecule has 1 aromatic carbocycles. The molecular formula is C25H30N6O2. The second kappa shape index (κ2) is 9.18. The van der Waals surface area contributed by atoms with Gasteiger partial charge in [-0.2, -0.15) is 0 Å². The Labute approximate surface area is 194 Å². The van der Waals surface area contributed by atoms with E-state index in [0.717, 1.165) is 42.2 Å². The molecule has 1 aromatic heterocycles. The van der Waals surface area contributed by atoms with Gasteiger partial charge in [0.2, 0.25) is 0 Å². The lowest BCUT2D eigenvalue weighted by atomic mass is 9.98. The number of nitrogens with two attached hydrogens (primary N) is 1. The number of anilines is 4. The van der Waals surface area contributed by atoms with Crippen LogP contribution in [0.25, 0.3) is 0 Å². The molecule has 2 N–H and O–H groups in total. The number of hydrogen-bond acceptors (Lipinski definition) is 7. The molecule has 1 atom stereocenters. The first-order valence-corrected chi connectivity index (χ1v) is 11.8. The van der Waals surface area contributed by atoms with Gasteiger partial charge < -0.3 is 25.2 Å². The van der Waals surface area contributed by atoms with Crippen molar-refractivity contribution in [2.45, 2.75) is 57.6 Å². The van der Waals surface area contributed by atoms with E-state index in [2.05, 4.69) is 43.7 Å². The van der Waals surface area contributed by atoms with Gasteiger partial charge in [0.25, 0.3) is 5.91 Å². The number of amides is 1. The summed E-state index contributed by atoms with van der Waals surface area (Å²) in [7, 11) is 0. The molecule has 1 aliphatic carbocycles. The van der Waals surface area contributed by atoms with Gasteiger partial charge >= 0.3 is 0 Å². The highest BCUT2D eigenvalue weighted by Crippen LogP contribution is 2.44. The highest BCUT2D eigenvalue weighted by atomic mass is 16.5. The van der Waals surface area contributed by atoms with E-state index in [0.29, 0.717) is 31.7 Å². The number of rotatable bonds is 4. The molecule has 3 heterocycles. The number of aromatic nitrogens is 2. The van der Waals surface area contributed by atoms with Gasteiger partial charge in [-0.3, -0.25) is 4.79 Å². The number of hydrogen-bond donors (Lipinski definition) is 1. The third kappa shape index (κ3) is 4.28. The summed E-state index contributed by atoms with van der Waals surface area (Å²) < 4.78 is 6.20. The smallest absolute Gasteiger partial charge is 0.298 e. The van der Waals surface area contributed by atoms with Crippen molar-refractivity contribution < 1.29 is 9.53 Å². The maximum Gasteiger partial charge on any atom is 0.298 e. The molecule has 0 spiro atoms. The minimum Gasteiger partial charge on any atom is -0.490 e. The summed E-state index contributed by atoms with van der Waals surface area (Å²) in [5, 5.41) is 0. The fourth-order valence-electron chi connectivity index (χ4n) is 5.09. The van der Waals surface area contributed by atoms with Crippen LogP contribution in [0.3, 0.4) is 0 Å². The highest BCUT2D eigenvalue weighted by Gasteiger charge is 2.38. The van der Waals surface area contributed by atoms with E-state index in [-0.39, 0.29) is 11.9 Å². The average Bonchev–Trinajstić information content (AvgIpc) is 3.47. The lowest BCUT2D eigenvalue weighted by molar-refractivity contribution is -0.124. The van der Waals surface area contributed by atoms with Crippen molar-refractivity contribution in [2.75, 3.05) is 35.3 Å². The molecule has 2 aromatic rings. The minimum atomic E-state index is -0.118. The van der Waals surface area contributed by atoms with Crippen LogP contribution in [0.4, 0.5) is 23.0 Å². The van der Waals surface area contributed by atoms with Crippen LogP contribution in [0.5, 0.6) is 5.75 Å². The predicted molar refractivity (Wildman–Crippen MR) is 128 cm³/mol. The van der Waals surface area contributed by atoms with E-state index in [9.17, 15) is 4.79 Å². The fourth-order valence-corrected chi connectivity index (χ4v) is 5.09. The zero-order chi connectivity index (χ0) is 22.8. The summed E-state index contributed by atoms with van der Waals surface area (Å²) in [5.74, 6) is 7.39. The highest BCUT2D eigenvalue weighted by molar-refractivity contribution is 5.94. The normalized spacial score (nSPS) is 20.4. The summed E-state index contributed by atoms with van der Waals surface area (Å²) in [6.07, 6.45) is 8.77. The SMILES string of the molecule is CC#CC(=O)N1CC[C@@H](N2CN(c3ccc(OC4CCCCC4)cc3)c3c(N)ncnc32)C1.